The van der Waals surface area contributed by atoms with E-state index in [1.54, 1.807) is 31.2 Å². The third kappa shape index (κ3) is 2.27. The van der Waals surface area contributed by atoms with Gasteiger partial charge in [-0.05, 0) is 19.1 Å². The second-order valence-electron chi connectivity index (χ2n) is 3.47. The summed E-state index contributed by atoms with van der Waals surface area (Å²) in [5, 5.41) is 0. The smallest absolute Gasteiger partial charge is 0.359 e. The number of ether oxygens (including phenoxy) is 1. The zero-order valence-electron chi connectivity index (χ0n) is 9.56. The quantitative estimate of drug-likeness (QED) is 0.788. The first-order valence-electron chi connectivity index (χ1n) is 5.35. The number of nitrogens with zero attached hydrogens (tertiary/aromatic N) is 2. The second-order valence-corrected chi connectivity index (χ2v) is 3.47. The fourth-order valence-electron chi connectivity index (χ4n) is 1.52. The second kappa shape index (κ2) is 5.03. The first kappa shape index (κ1) is 12.3. The molecule has 0 saturated carbocycles. The number of para-hydroxylation sites is 2. The number of carbonyl (C=O) groups excluding carboxylic acids is 1. The number of halogens is 2. The normalized spacial score (nSPS) is 10.9. The predicted molar refractivity (Wildman–Crippen MR) is 60.5 cm³/mol. The minimum atomic E-state index is -2.87. The Morgan fingerprint density at radius 1 is 1.28 bits per heavy atom. The van der Waals surface area contributed by atoms with E-state index in [0.717, 1.165) is 0 Å². The summed E-state index contributed by atoms with van der Waals surface area (Å²) in [6.45, 7) is 1.68. The van der Waals surface area contributed by atoms with Crippen LogP contribution < -0.4 is 0 Å². The van der Waals surface area contributed by atoms with Crippen molar-refractivity contribution >= 4 is 17.0 Å². The fourth-order valence-corrected chi connectivity index (χ4v) is 1.52. The fraction of sp³-hybridized carbons (Fsp3) is 0.250. The van der Waals surface area contributed by atoms with E-state index in [9.17, 15) is 13.6 Å². The Balaban J connectivity index is 2.61. The molecule has 2 rings (SSSR count). The molecule has 0 aliphatic rings. The summed E-state index contributed by atoms with van der Waals surface area (Å²) in [6, 6.07) is 6.51. The molecule has 0 atom stereocenters. The highest BCUT2D eigenvalue weighted by Crippen LogP contribution is 2.23. The number of hydrogen-bond donors (Lipinski definition) is 0. The molecule has 0 aliphatic carbocycles. The van der Waals surface area contributed by atoms with E-state index in [1.807, 2.05) is 0 Å². The van der Waals surface area contributed by atoms with E-state index in [0.29, 0.717) is 11.0 Å². The van der Waals surface area contributed by atoms with E-state index in [4.69, 9.17) is 4.74 Å². The summed E-state index contributed by atoms with van der Waals surface area (Å²) in [5.41, 5.74) is -0.372. The molecule has 4 nitrogen and oxygen atoms in total. The van der Waals surface area contributed by atoms with Crippen molar-refractivity contribution in [1.82, 2.24) is 9.97 Å². The molecule has 0 fully saturated rings. The summed E-state index contributed by atoms with van der Waals surface area (Å²) in [4.78, 5) is 19.2. The average Bonchev–Trinajstić information content (AvgIpc) is 2.37. The number of aromatic nitrogens is 2. The molecule has 1 aromatic carbocycles. The van der Waals surface area contributed by atoms with Crippen molar-refractivity contribution in [1.29, 1.82) is 0 Å². The van der Waals surface area contributed by atoms with Crippen LogP contribution in [0.15, 0.2) is 24.3 Å². The number of rotatable bonds is 3. The van der Waals surface area contributed by atoms with Gasteiger partial charge < -0.3 is 4.74 Å². The first-order chi connectivity index (χ1) is 8.63. The molecule has 18 heavy (non-hydrogen) atoms. The third-order valence-electron chi connectivity index (χ3n) is 2.27. The number of carbonyl (C=O) groups is 1. The van der Waals surface area contributed by atoms with Crippen LogP contribution in [0.2, 0.25) is 0 Å². The van der Waals surface area contributed by atoms with Gasteiger partial charge in [0.2, 0.25) is 0 Å². The summed E-state index contributed by atoms with van der Waals surface area (Å²) in [7, 11) is 0. The van der Waals surface area contributed by atoms with E-state index >= 15 is 0 Å². The SMILES string of the molecule is CCOC(=O)c1nc2ccccc2nc1C(F)F. The van der Waals surface area contributed by atoms with Crippen LogP contribution in [0.25, 0.3) is 11.0 Å². The van der Waals surface area contributed by atoms with Gasteiger partial charge in [0.15, 0.2) is 5.69 Å². The Kier molecular flexibility index (Phi) is 3.45. The number of alkyl halides is 2. The van der Waals surface area contributed by atoms with Crippen molar-refractivity contribution in [3.05, 3.63) is 35.7 Å². The van der Waals surface area contributed by atoms with Crippen molar-refractivity contribution < 1.29 is 18.3 Å². The lowest BCUT2D eigenvalue weighted by Gasteiger charge is -2.08. The van der Waals surface area contributed by atoms with Gasteiger partial charge in [0.1, 0.15) is 5.69 Å². The monoisotopic (exact) mass is 252 g/mol. The van der Waals surface area contributed by atoms with Crippen molar-refractivity contribution in [2.45, 2.75) is 13.3 Å². The van der Waals surface area contributed by atoms with Gasteiger partial charge in [0.25, 0.3) is 6.43 Å². The van der Waals surface area contributed by atoms with Crippen LogP contribution in [0.4, 0.5) is 8.78 Å². The Hall–Kier alpha value is -2.11. The van der Waals surface area contributed by atoms with Gasteiger partial charge in [-0.3, -0.25) is 0 Å². The van der Waals surface area contributed by atoms with Gasteiger partial charge in [-0.2, -0.15) is 0 Å². The van der Waals surface area contributed by atoms with Crippen LogP contribution in [-0.4, -0.2) is 22.5 Å². The van der Waals surface area contributed by atoms with E-state index in [-0.39, 0.29) is 6.61 Å². The summed E-state index contributed by atoms with van der Waals surface area (Å²) in [6.07, 6.45) is -2.87. The minimum Gasteiger partial charge on any atom is -0.461 e. The maximum absolute atomic E-state index is 12.8. The van der Waals surface area contributed by atoms with Crippen LogP contribution in [0.1, 0.15) is 29.5 Å². The van der Waals surface area contributed by atoms with Crippen LogP contribution >= 0.6 is 0 Å². The lowest BCUT2D eigenvalue weighted by molar-refractivity contribution is 0.0506. The lowest BCUT2D eigenvalue weighted by Crippen LogP contribution is -2.13. The molecule has 1 heterocycles. The maximum atomic E-state index is 12.8. The van der Waals surface area contributed by atoms with Crippen LogP contribution in [-0.2, 0) is 4.74 Å². The lowest BCUT2D eigenvalue weighted by atomic mass is 10.2. The molecule has 6 heteroatoms. The molecular formula is C12H10F2N2O2. The van der Waals surface area contributed by atoms with E-state index in [1.165, 1.54) is 0 Å². The number of esters is 1. The number of benzene rings is 1. The highest BCUT2D eigenvalue weighted by Gasteiger charge is 2.23. The predicted octanol–water partition coefficient (Wildman–Crippen LogP) is 2.74. The molecule has 0 aliphatic heterocycles. The Labute approximate surface area is 102 Å². The molecule has 2 aromatic rings. The Bertz CT molecular complexity index is 587. The molecule has 0 radical (unpaired) electrons. The van der Waals surface area contributed by atoms with Gasteiger partial charge in [-0.25, -0.2) is 23.5 Å². The van der Waals surface area contributed by atoms with Gasteiger partial charge in [-0.1, -0.05) is 12.1 Å². The molecule has 0 unspecified atom stereocenters. The molecule has 1 aromatic heterocycles. The van der Waals surface area contributed by atoms with E-state index in [2.05, 4.69) is 9.97 Å². The molecular weight excluding hydrogens is 242 g/mol. The van der Waals surface area contributed by atoms with Crippen LogP contribution in [0.5, 0.6) is 0 Å². The zero-order chi connectivity index (χ0) is 13.1. The molecule has 94 valence electrons. The summed E-state index contributed by atoms with van der Waals surface area (Å²) in [5.74, 6) is -0.883. The maximum Gasteiger partial charge on any atom is 0.359 e. The van der Waals surface area contributed by atoms with Gasteiger partial charge in [0, 0.05) is 0 Å². The van der Waals surface area contributed by atoms with Crippen molar-refractivity contribution in [2.24, 2.45) is 0 Å². The highest BCUT2D eigenvalue weighted by atomic mass is 19.3. The third-order valence-corrected chi connectivity index (χ3v) is 2.27. The standard InChI is InChI=1S/C12H10F2N2O2/c1-2-18-12(17)10-9(11(13)14)15-7-5-3-4-6-8(7)16-10/h3-6,11H,2H2,1H3. The molecule has 0 bridgehead atoms. The molecule has 0 N–H and O–H groups in total. The Morgan fingerprint density at radius 3 is 2.44 bits per heavy atom. The van der Waals surface area contributed by atoms with Crippen molar-refractivity contribution in [3.8, 4) is 0 Å². The van der Waals surface area contributed by atoms with Gasteiger partial charge in [0.05, 0.1) is 17.6 Å². The molecule has 0 spiro atoms. The minimum absolute atomic E-state index is 0.0933. The number of fused-ring (bicyclic) bond motifs is 1. The summed E-state index contributed by atoms with van der Waals surface area (Å²) < 4.78 is 30.4. The van der Waals surface area contributed by atoms with Crippen LogP contribution in [0, 0.1) is 0 Å². The topological polar surface area (TPSA) is 52.1 Å². The highest BCUT2D eigenvalue weighted by molar-refractivity contribution is 5.91. The average molecular weight is 252 g/mol. The zero-order valence-corrected chi connectivity index (χ0v) is 9.56. The molecule has 0 saturated heterocycles. The van der Waals surface area contributed by atoms with Crippen molar-refractivity contribution in [2.75, 3.05) is 6.61 Å². The first-order valence-corrected chi connectivity index (χ1v) is 5.35. The van der Waals surface area contributed by atoms with Gasteiger partial charge >= 0.3 is 5.97 Å². The number of hydrogen-bond acceptors (Lipinski definition) is 4. The van der Waals surface area contributed by atoms with Gasteiger partial charge in [-0.15, -0.1) is 0 Å². The molecule has 0 amide bonds. The largest absolute Gasteiger partial charge is 0.461 e. The van der Waals surface area contributed by atoms with Crippen LogP contribution in [0.3, 0.4) is 0 Å². The van der Waals surface area contributed by atoms with E-state index < -0.39 is 23.8 Å². The van der Waals surface area contributed by atoms with Crippen molar-refractivity contribution in [3.63, 3.8) is 0 Å². The summed E-state index contributed by atoms with van der Waals surface area (Å²) >= 11 is 0. The Morgan fingerprint density at radius 2 is 1.89 bits per heavy atom.